The molecule has 0 aliphatic rings. The number of nitrogens with one attached hydrogen (secondary N) is 2. The van der Waals surface area contributed by atoms with Crippen molar-refractivity contribution < 1.29 is 9.84 Å². The smallest absolute Gasteiger partial charge is 0.191 e. The molecule has 0 saturated heterocycles. The molecule has 0 radical (unpaired) electrons. The first-order chi connectivity index (χ1) is 12.5. The number of aliphatic hydroxyl groups is 1. The van der Waals surface area contributed by atoms with Gasteiger partial charge in [0.25, 0.3) is 0 Å². The summed E-state index contributed by atoms with van der Waals surface area (Å²) in [5.74, 6) is 1.49. The van der Waals surface area contributed by atoms with E-state index in [1.165, 1.54) is 4.88 Å². The number of aliphatic hydroxyl groups excluding tert-OH is 1. The Hall–Kier alpha value is -2.05. The van der Waals surface area contributed by atoms with E-state index >= 15 is 0 Å². The third-order valence-electron chi connectivity index (χ3n) is 4.13. The van der Waals surface area contributed by atoms with Crippen molar-refractivity contribution >= 4 is 17.3 Å². The highest BCUT2D eigenvalue weighted by atomic mass is 32.1. The third kappa shape index (κ3) is 5.75. The van der Waals surface area contributed by atoms with Crippen LogP contribution in [-0.4, -0.2) is 37.8 Å². The Balaban J connectivity index is 1.96. The molecule has 3 N–H and O–H groups in total. The molecule has 0 aliphatic carbocycles. The van der Waals surface area contributed by atoms with Gasteiger partial charge in [0.2, 0.25) is 0 Å². The van der Waals surface area contributed by atoms with Crippen molar-refractivity contribution in [2.45, 2.75) is 32.3 Å². The highest BCUT2D eigenvalue weighted by Crippen LogP contribution is 2.27. The second-order valence-corrected chi connectivity index (χ2v) is 7.67. The lowest BCUT2D eigenvalue weighted by atomic mass is 9.92. The van der Waals surface area contributed by atoms with Gasteiger partial charge in [-0.3, -0.25) is 4.99 Å². The van der Waals surface area contributed by atoms with E-state index in [1.807, 2.05) is 31.2 Å². The van der Waals surface area contributed by atoms with Crippen molar-refractivity contribution in [3.63, 3.8) is 0 Å². The van der Waals surface area contributed by atoms with E-state index in [4.69, 9.17) is 9.73 Å². The number of nitrogens with zero attached hydrogens (tertiary/aromatic N) is 1. The van der Waals surface area contributed by atoms with Crippen LogP contribution < -0.4 is 15.4 Å². The highest BCUT2D eigenvalue weighted by molar-refractivity contribution is 7.10. The normalized spacial score (nSPS) is 13.3. The second kappa shape index (κ2) is 9.59. The van der Waals surface area contributed by atoms with Gasteiger partial charge >= 0.3 is 0 Å². The number of ether oxygens (including phenoxy) is 1. The number of hydrogen-bond donors (Lipinski definition) is 3. The van der Waals surface area contributed by atoms with Gasteiger partial charge < -0.3 is 20.5 Å². The van der Waals surface area contributed by atoms with Crippen molar-refractivity contribution in [3.05, 3.63) is 52.2 Å². The predicted octanol–water partition coefficient (Wildman–Crippen LogP) is 3.32. The zero-order valence-corrected chi connectivity index (χ0v) is 16.8. The molecule has 26 heavy (non-hydrogen) atoms. The maximum atomic E-state index is 10.4. The largest absolute Gasteiger partial charge is 0.497 e. The Bertz CT molecular complexity index is 682. The Kier molecular flexibility index (Phi) is 7.48. The zero-order valence-electron chi connectivity index (χ0n) is 16.0. The molecule has 0 bridgehead atoms. The minimum atomic E-state index is -0.616. The molecular formula is C20H29N3O2S. The molecule has 0 fully saturated rings. The molecule has 6 heteroatoms. The lowest BCUT2D eigenvalue weighted by molar-refractivity contribution is 0.180. The molecule has 1 aromatic heterocycles. The van der Waals surface area contributed by atoms with Crippen LogP contribution in [0.1, 0.15) is 37.3 Å². The maximum Gasteiger partial charge on any atom is 0.191 e. The van der Waals surface area contributed by atoms with E-state index in [0.29, 0.717) is 19.0 Å². The number of benzene rings is 1. The van der Waals surface area contributed by atoms with Crippen molar-refractivity contribution in [3.8, 4) is 5.75 Å². The molecule has 0 spiro atoms. The van der Waals surface area contributed by atoms with Gasteiger partial charge in [0.1, 0.15) is 5.75 Å². The minimum Gasteiger partial charge on any atom is -0.497 e. The molecule has 5 nitrogen and oxygen atoms in total. The fourth-order valence-electron chi connectivity index (χ4n) is 2.50. The number of hydrogen-bond acceptors (Lipinski definition) is 4. The SMILES string of the molecule is CCNC(=NCC(C)(C)c1cccs1)NCC(O)c1ccc(OC)cc1. The molecule has 0 amide bonds. The van der Waals surface area contributed by atoms with Crippen molar-refractivity contribution in [1.82, 2.24) is 10.6 Å². The Morgan fingerprint density at radius 1 is 1.23 bits per heavy atom. The van der Waals surface area contributed by atoms with Crippen LogP contribution in [0.15, 0.2) is 46.8 Å². The molecule has 1 atom stereocenters. The van der Waals surface area contributed by atoms with Crippen molar-refractivity contribution in [1.29, 1.82) is 0 Å². The summed E-state index contributed by atoms with van der Waals surface area (Å²) < 4.78 is 5.15. The fourth-order valence-corrected chi connectivity index (χ4v) is 3.34. The van der Waals surface area contributed by atoms with Gasteiger partial charge in [-0.25, -0.2) is 0 Å². The summed E-state index contributed by atoms with van der Waals surface area (Å²) in [7, 11) is 1.63. The van der Waals surface area contributed by atoms with Crippen molar-refractivity contribution in [2.75, 3.05) is 26.7 Å². The van der Waals surface area contributed by atoms with Crippen LogP contribution in [-0.2, 0) is 5.41 Å². The van der Waals surface area contributed by atoms with Gasteiger partial charge in [-0.05, 0) is 36.1 Å². The van der Waals surface area contributed by atoms with Crippen LogP contribution in [0.2, 0.25) is 0 Å². The molecule has 1 heterocycles. The van der Waals surface area contributed by atoms with Crippen LogP contribution in [0.25, 0.3) is 0 Å². The van der Waals surface area contributed by atoms with Gasteiger partial charge in [-0.2, -0.15) is 0 Å². The first-order valence-electron chi connectivity index (χ1n) is 8.84. The lowest BCUT2D eigenvalue weighted by Crippen LogP contribution is -2.40. The summed E-state index contributed by atoms with van der Waals surface area (Å²) in [4.78, 5) is 6.02. The van der Waals surface area contributed by atoms with Crippen molar-refractivity contribution in [2.24, 2.45) is 4.99 Å². The van der Waals surface area contributed by atoms with E-state index < -0.39 is 6.10 Å². The Morgan fingerprint density at radius 2 is 1.96 bits per heavy atom. The van der Waals surface area contributed by atoms with Crippen LogP contribution in [0.4, 0.5) is 0 Å². The zero-order chi connectivity index (χ0) is 19.0. The first-order valence-corrected chi connectivity index (χ1v) is 9.72. The lowest BCUT2D eigenvalue weighted by Gasteiger charge is -2.22. The molecule has 0 saturated carbocycles. The number of methoxy groups -OCH3 is 1. The van der Waals surface area contributed by atoms with Gasteiger partial charge in [0.15, 0.2) is 5.96 Å². The quantitative estimate of drug-likeness (QED) is 0.489. The number of thiophene rings is 1. The van der Waals surface area contributed by atoms with E-state index in [0.717, 1.165) is 17.9 Å². The average Bonchev–Trinajstić information content (AvgIpc) is 3.19. The minimum absolute atomic E-state index is 0.0227. The van der Waals surface area contributed by atoms with Crippen LogP contribution in [0.5, 0.6) is 5.75 Å². The van der Waals surface area contributed by atoms with E-state index in [1.54, 1.807) is 18.4 Å². The summed E-state index contributed by atoms with van der Waals surface area (Å²) in [6.45, 7) is 8.24. The van der Waals surface area contributed by atoms with Gasteiger partial charge in [-0.1, -0.05) is 32.0 Å². The first kappa shape index (κ1) is 20.3. The van der Waals surface area contributed by atoms with E-state index in [-0.39, 0.29) is 5.41 Å². The summed E-state index contributed by atoms with van der Waals surface area (Å²) in [5.41, 5.74) is 0.818. The molecule has 142 valence electrons. The van der Waals surface area contributed by atoms with Crippen LogP contribution in [0.3, 0.4) is 0 Å². The summed E-state index contributed by atoms with van der Waals surface area (Å²) in [6.07, 6.45) is -0.616. The maximum absolute atomic E-state index is 10.4. The van der Waals surface area contributed by atoms with E-state index in [9.17, 15) is 5.11 Å². The average molecular weight is 376 g/mol. The topological polar surface area (TPSA) is 65.9 Å². The summed E-state index contributed by atoms with van der Waals surface area (Å²) >= 11 is 1.75. The van der Waals surface area contributed by atoms with Crippen LogP contribution >= 0.6 is 11.3 Å². The summed E-state index contributed by atoms with van der Waals surface area (Å²) in [6, 6.07) is 11.7. The fraction of sp³-hybridized carbons (Fsp3) is 0.450. The monoisotopic (exact) mass is 375 g/mol. The Labute approximate surface area is 160 Å². The number of rotatable bonds is 8. The molecule has 1 aromatic carbocycles. The molecular weight excluding hydrogens is 346 g/mol. The Morgan fingerprint density at radius 3 is 2.54 bits per heavy atom. The standard InChI is InChI=1S/C20H29N3O2S/c1-5-21-19(23-14-20(2,3)18-7-6-12-26-18)22-13-17(24)15-8-10-16(25-4)11-9-15/h6-12,17,24H,5,13-14H2,1-4H3,(H2,21,22,23). The molecule has 2 rings (SSSR count). The van der Waals surface area contributed by atoms with E-state index in [2.05, 4.69) is 42.0 Å². The van der Waals surface area contributed by atoms with Gasteiger partial charge in [-0.15, -0.1) is 11.3 Å². The molecule has 2 aromatic rings. The third-order valence-corrected chi connectivity index (χ3v) is 5.36. The van der Waals surface area contributed by atoms with Gasteiger partial charge in [0.05, 0.1) is 19.8 Å². The van der Waals surface area contributed by atoms with Crippen LogP contribution in [0, 0.1) is 0 Å². The molecule has 1 unspecified atom stereocenters. The number of guanidine groups is 1. The highest BCUT2D eigenvalue weighted by Gasteiger charge is 2.21. The molecule has 0 aliphatic heterocycles. The second-order valence-electron chi connectivity index (χ2n) is 6.73. The van der Waals surface area contributed by atoms with Gasteiger partial charge in [0, 0.05) is 23.4 Å². The summed E-state index contributed by atoms with van der Waals surface area (Å²) in [5, 5.41) is 19.0. The predicted molar refractivity (Wildman–Crippen MR) is 109 cm³/mol. The number of aliphatic imine (C=N–C) groups is 1.